The quantitative estimate of drug-likeness (QED) is 0.526. The van der Waals surface area contributed by atoms with Crippen LogP contribution in [0.15, 0.2) is 52.1 Å². The van der Waals surface area contributed by atoms with Crippen LogP contribution in [0.25, 0.3) is 28.0 Å². The molecule has 1 aliphatic rings. The van der Waals surface area contributed by atoms with Crippen molar-refractivity contribution in [2.75, 3.05) is 24.5 Å². The topological polar surface area (TPSA) is 75.7 Å². The zero-order chi connectivity index (χ0) is 19.3. The minimum absolute atomic E-state index is 0.401. The number of hydrogen-bond acceptors (Lipinski definition) is 6. The van der Waals surface area contributed by atoms with Gasteiger partial charge in [0.15, 0.2) is 0 Å². The van der Waals surface area contributed by atoms with E-state index in [2.05, 4.69) is 33.2 Å². The Bertz CT molecular complexity index is 1250. The monoisotopic (exact) mass is 395 g/mol. The van der Waals surface area contributed by atoms with E-state index < -0.39 is 5.63 Å². The van der Waals surface area contributed by atoms with Crippen LogP contribution >= 0.6 is 11.6 Å². The standard InChI is InChI=1S/C20H18ClN5O2/c1-12-9-25(5-4-22-12)15-3-2-13-6-16(19(27)28-18(13)7-15)17-11-26-10-14(21)8-23-20(26)24-17/h2-3,6-8,10-12,22H,4-5,9H2,1H3. The van der Waals surface area contributed by atoms with Crippen LogP contribution in [-0.2, 0) is 0 Å². The Morgan fingerprint density at radius 3 is 3.04 bits per heavy atom. The highest BCUT2D eigenvalue weighted by atomic mass is 35.5. The Hall–Kier alpha value is -2.90. The maximum Gasteiger partial charge on any atom is 0.345 e. The molecule has 1 aromatic carbocycles. The Morgan fingerprint density at radius 2 is 2.18 bits per heavy atom. The summed E-state index contributed by atoms with van der Waals surface area (Å²) in [6.45, 7) is 4.95. The molecule has 1 unspecified atom stereocenters. The summed E-state index contributed by atoms with van der Waals surface area (Å²) in [5.41, 5.74) is 2.11. The van der Waals surface area contributed by atoms with E-state index in [4.69, 9.17) is 16.0 Å². The van der Waals surface area contributed by atoms with Crippen LogP contribution in [0.1, 0.15) is 6.92 Å². The first kappa shape index (κ1) is 17.2. The molecule has 0 radical (unpaired) electrons. The van der Waals surface area contributed by atoms with Crippen molar-refractivity contribution in [3.05, 3.63) is 58.3 Å². The van der Waals surface area contributed by atoms with E-state index in [9.17, 15) is 4.79 Å². The zero-order valence-corrected chi connectivity index (χ0v) is 16.0. The van der Waals surface area contributed by atoms with Gasteiger partial charge < -0.3 is 14.6 Å². The first-order valence-corrected chi connectivity index (χ1v) is 9.51. The molecule has 1 aliphatic heterocycles. The maximum atomic E-state index is 12.6. The van der Waals surface area contributed by atoms with E-state index in [1.54, 1.807) is 16.8 Å². The third-order valence-electron chi connectivity index (χ3n) is 5.01. The van der Waals surface area contributed by atoms with Crippen molar-refractivity contribution in [3.8, 4) is 11.3 Å². The largest absolute Gasteiger partial charge is 0.422 e. The van der Waals surface area contributed by atoms with Crippen LogP contribution < -0.4 is 15.8 Å². The summed E-state index contributed by atoms with van der Waals surface area (Å²) in [7, 11) is 0. The average molecular weight is 396 g/mol. The minimum Gasteiger partial charge on any atom is -0.422 e. The molecule has 1 N–H and O–H groups in total. The summed E-state index contributed by atoms with van der Waals surface area (Å²) in [5, 5.41) is 4.78. The van der Waals surface area contributed by atoms with Crippen molar-refractivity contribution in [1.29, 1.82) is 0 Å². The van der Waals surface area contributed by atoms with E-state index in [0.29, 0.717) is 33.7 Å². The van der Waals surface area contributed by atoms with Gasteiger partial charge >= 0.3 is 5.63 Å². The van der Waals surface area contributed by atoms with Crippen molar-refractivity contribution in [2.45, 2.75) is 13.0 Å². The van der Waals surface area contributed by atoms with Crippen molar-refractivity contribution in [1.82, 2.24) is 19.7 Å². The fourth-order valence-corrected chi connectivity index (χ4v) is 3.79. The van der Waals surface area contributed by atoms with Gasteiger partial charge in [-0.2, -0.15) is 0 Å². The molecule has 1 saturated heterocycles. The second-order valence-electron chi connectivity index (χ2n) is 7.08. The molecular weight excluding hydrogens is 378 g/mol. The molecule has 28 heavy (non-hydrogen) atoms. The lowest BCUT2D eigenvalue weighted by atomic mass is 10.1. The first-order valence-electron chi connectivity index (χ1n) is 9.14. The molecule has 8 heteroatoms. The van der Waals surface area contributed by atoms with Crippen LogP contribution in [0.2, 0.25) is 5.02 Å². The highest BCUT2D eigenvalue weighted by Crippen LogP contribution is 2.25. The summed E-state index contributed by atoms with van der Waals surface area (Å²) >= 11 is 5.97. The number of piperazine rings is 1. The molecule has 0 saturated carbocycles. The van der Waals surface area contributed by atoms with E-state index >= 15 is 0 Å². The van der Waals surface area contributed by atoms with Crippen molar-refractivity contribution in [2.24, 2.45) is 0 Å². The van der Waals surface area contributed by atoms with Gasteiger partial charge in [-0.05, 0) is 25.1 Å². The lowest BCUT2D eigenvalue weighted by Crippen LogP contribution is -2.49. The average Bonchev–Trinajstić information content (AvgIpc) is 3.10. The number of benzene rings is 1. The lowest BCUT2D eigenvalue weighted by Gasteiger charge is -2.33. The number of rotatable bonds is 2. The molecule has 5 rings (SSSR count). The molecule has 0 amide bonds. The van der Waals surface area contributed by atoms with Gasteiger partial charge in [-0.15, -0.1) is 0 Å². The molecule has 0 bridgehead atoms. The Kier molecular flexibility index (Phi) is 4.07. The number of nitrogens with zero attached hydrogens (tertiary/aromatic N) is 4. The van der Waals surface area contributed by atoms with Crippen molar-refractivity contribution in [3.63, 3.8) is 0 Å². The van der Waals surface area contributed by atoms with Crippen LogP contribution in [-0.4, -0.2) is 40.0 Å². The molecule has 1 fully saturated rings. The predicted molar refractivity (Wildman–Crippen MR) is 109 cm³/mol. The molecular formula is C20H18ClN5O2. The Balaban J connectivity index is 1.56. The van der Waals surface area contributed by atoms with Crippen LogP contribution in [0, 0.1) is 0 Å². The summed E-state index contributed by atoms with van der Waals surface area (Å²) in [6.07, 6.45) is 4.95. The SMILES string of the molecule is CC1CN(c2ccc3cc(-c4cn5cc(Cl)cnc5n4)c(=O)oc3c2)CCN1. The third-order valence-corrected chi connectivity index (χ3v) is 5.20. The number of halogens is 1. The van der Waals surface area contributed by atoms with Gasteiger partial charge in [-0.3, -0.25) is 4.40 Å². The predicted octanol–water partition coefficient (Wildman–Crippen LogP) is 2.95. The zero-order valence-electron chi connectivity index (χ0n) is 15.2. The number of hydrogen-bond donors (Lipinski definition) is 1. The second kappa shape index (κ2) is 6.61. The van der Waals surface area contributed by atoms with Crippen molar-refractivity contribution < 1.29 is 4.42 Å². The molecule has 4 aromatic rings. The Labute approximate surface area is 165 Å². The number of nitrogens with one attached hydrogen (secondary N) is 1. The molecule has 142 valence electrons. The summed E-state index contributed by atoms with van der Waals surface area (Å²) < 4.78 is 7.32. The molecule has 4 heterocycles. The van der Waals surface area contributed by atoms with E-state index in [1.165, 1.54) is 6.20 Å². The van der Waals surface area contributed by atoms with Gasteiger partial charge in [0.05, 0.1) is 22.5 Å². The molecule has 0 spiro atoms. The fourth-order valence-electron chi connectivity index (χ4n) is 3.63. The number of imidazole rings is 1. The van der Waals surface area contributed by atoms with Gasteiger partial charge in [-0.1, -0.05) is 11.6 Å². The second-order valence-corrected chi connectivity index (χ2v) is 7.51. The van der Waals surface area contributed by atoms with Gasteiger partial charge in [-0.25, -0.2) is 14.8 Å². The fraction of sp³-hybridized carbons (Fsp3) is 0.250. The molecule has 1 atom stereocenters. The summed E-state index contributed by atoms with van der Waals surface area (Å²) in [5.74, 6) is 0.474. The summed E-state index contributed by atoms with van der Waals surface area (Å²) in [6, 6.07) is 8.22. The van der Waals surface area contributed by atoms with Gasteiger partial charge in [0.2, 0.25) is 5.78 Å². The van der Waals surface area contributed by atoms with Crippen LogP contribution in [0.4, 0.5) is 5.69 Å². The number of fused-ring (bicyclic) bond motifs is 2. The Morgan fingerprint density at radius 1 is 1.29 bits per heavy atom. The first-order chi connectivity index (χ1) is 13.6. The molecule has 3 aromatic heterocycles. The minimum atomic E-state index is -0.423. The number of anilines is 1. The van der Waals surface area contributed by atoms with Crippen LogP contribution in [0.5, 0.6) is 0 Å². The third kappa shape index (κ3) is 3.02. The maximum absolute atomic E-state index is 12.6. The van der Waals surface area contributed by atoms with E-state index in [0.717, 1.165) is 30.7 Å². The molecule has 7 nitrogen and oxygen atoms in total. The lowest BCUT2D eigenvalue weighted by molar-refractivity contribution is 0.484. The highest BCUT2D eigenvalue weighted by molar-refractivity contribution is 6.30. The van der Waals surface area contributed by atoms with Crippen LogP contribution in [0.3, 0.4) is 0 Å². The van der Waals surface area contributed by atoms with Gasteiger partial charge in [0.25, 0.3) is 0 Å². The van der Waals surface area contributed by atoms with E-state index in [1.807, 2.05) is 18.2 Å². The normalized spacial score (nSPS) is 17.5. The highest BCUT2D eigenvalue weighted by Gasteiger charge is 2.17. The van der Waals surface area contributed by atoms with E-state index in [-0.39, 0.29) is 0 Å². The summed E-state index contributed by atoms with van der Waals surface area (Å²) in [4.78, 5) is 23.5. The number of aromatic nitrogens is 3. The van der Waals surface area contributed by atoms with Gasteiger partial charge in [0, 0.05) is 55.2 Å². The van der Waals surface area contributed by atoms with Gasteiger partial charge in [0.1, 0.15) is 5.58 Å². The molecule has 0 aliphatic carbocycles. The smallest absolute Gasteiger partial charge is 0.345 e. The van der Waals surface area contributed by atoms with Crippen molar-refractivity contribution >= 4 is 34.0 Å².